The van der Waals surface area contributed by atoms with Crippen LogP contribution in [0.3, 0.4) is 0 Å². The quantitative estimate of drug-likeness (QED) is 0.233. The minimum Gasteiger partial charge on any atom is -0.230 e. The molecule has 0 aromatic rings. The van der Waals surface area contributed by atoms with Gasteiger partial charge in [0.2, 0.25) is 5.67 Å². The van der Waals surface area contributed by atoms with Gasteiger partial charge >= 0.3 is 23.9 Å². The molecule has 0 aromatic carbocycles. The van der Waals surface area contributed by atoms with E-state index in [1.807, 2.05) is 6.92 Å². The molecule has 0 saturated heterocycles. The highest BCUT2D eigenvalue weighted by atomic mass is 19.4. The fourth-order valence-corrected chi connectivity index (χ4v) is 14.5. The topological polar surface area (TPSA) is 0 Å². The highest BCUT2D eigenvalue weighted by Gasteiger charge is 2.91. The second-order valence-electron chi connectivity index (χ2n) is 33.8. The SMILES string of the molecule is CC1(C)CC1.CC1(C)CCC1.CC1(C)CCCC1.CC1[C@H]2CC[C@@H]1C2(C)C(F)(F)F.CCC1(C)CC1.CCC1(C)CCC1.CCC1(C)CCCC1.CCC1(C)CCCC1.CCCC1(C)CCCC1.C[C@H]1C(F)(F)C(C)(F)C(F)(F)C(F)(F)C1(F)F. The standard InChI is InChI=1S/C9H13F3.C9H18.C8H7F9.2C8H16.2C7H14.2C6H12.C5H10/c1-5-6-3-4-7(5)8(6,2)9(10,11)12;1-3-6-9(2)7-4-5-8-9;1-3-5(10,11)4(2,9)7(14,15)8(16,17)6(3,12)13;2*1-3-8(2)6-4-5-7-8;1-7(2)5-3-4-6-7;1-3-7(2)5-4-6-7;1-6(2)4-3-5-6;1-3-6(2)4-5-6;1-5(2)3-4-5/h5-7H,3-4H2,1-2H3;3-8H2,1-2H3;3H,1-2H3;2*3-7H2,1-2H3;2*3-6H2,1-2H3;2*3-5H2,1-2H3;3-4H2,1-2H3/t5?,6-,7+,8?;;3-,4?;;;;;;;/m..0......./s1. The molecule has 0 spiro atoms. The van der Waals surface area contributed by atoms with Crippen LogP contribution in [0, 0.1) is 72.4 Å². The third-order valence-electron chi connectivity index (χ3n) is 24.6. The summed E-state index contributed by atoms with van der Waals surface area (Å²) in [5.41, 5.74) is -0.467. The lowest BCUT2D eigenvalue weighted by Crippen LogP contribution is -2.77. The molecule has 0 aliphatic heterocycles. The van der Waals surface area contributed by atoms with Crippen molar-refractivity contribution in [3.05, 3.63) is 0 Å². The first kappa shape index (κ1) is 80.3. The molecule has 12 aliphatic carbocycles. The first-order chi connectivity index (χ1) is 38.5. The van der Waals surface area contributed by atoms with Gasteiger partial charge in [0, 0.05) is 0 Å². The van der Waals surface area contributed by atoms with Gasteiger partial charge in [0.05, 0.1) is 11.3 Å². The van der Waals surface area contributed by atoms with Crippen molar-refractivity contribution < 1.29 is 52.7 Å². The average Bonchev–Trinajstić information content (AvgIpc) is 2.17. The summed E-state index contributed by atoms with van der Waals surface area (Å²) < 4.78 is 154. The first-order valence-corrected chi connectivity index (χ1v) is 34.8. The van der Waals surface area contributed by atoms with E-state index < -0.39 is 53.8 Å². The zero-order valence-electron chi connectivity index (χ0n) is 58.4. The van der Waals surface area contributed by atoms with Gasteiger partial charge in [0.15, 0.2) is 0 Å². The Hall–Kier alpha value is -0.840. The number of halogens is 12. The lowest BCUT2D eigenvalue weighted by atomic mass is 9.53. The van der Waals surface area contributed by atoms with Gasteiger partial charge in [0.1, 0.15) is 0 Å². The Bertz CT molecular complexity index is 1810. The number of rotatable bonds is 6. The van der Waals surface area contributed by atoms with E-state index in [9.17, 15) is 52.7 Å². The minimum absolute atomic E-state index is 0.0949. The minimum atomic E-state index is -6.19. The van der Waals surface area contributed by atoms with E-state index in [1.54, 1.807) is 0 Å². The van der Waals surface area contributed by atoms with Gasteiger partial charge in [-0.2, -0.15) is 39.5 Å². The number of hydrogen-bond acceptors (Lipinski definition) is 0. The second kappa shape index (κ2) is 30.7. The number of hydrogen-bond donors (Lipinski definition) is 0. The Morgan fingerprint density at radius 3 is 0.753 bits per heavy atom. The molecule has 0 heterocycles. The lowest BCUT2D eigenvalue weighted by molar-refractivity contribution is -0.431. The van der Waals surface area contributed by atoms with E-state index in [0.29, 0.717) is 11.3 Å². The predicted molar refractivity (Wildman–Crippen MR) is 336 cm³/mol. The fraction of sp³-hybridized carbons (Fsp3) is 1.00. The van der Waals surface area contributed by atoms with E-state index in [2.05, 4.69) is 111 Å². The average molecular weight is 1240 g/mol. The molecule has 0 nitrogen and oxygen atoms in total. The molecule has 12 rings (SSSR count). The van der Waals surface area contributed by atoms with E-state index in [1.165, 1.54) is 212 Å². The van der Waals surface area contributed by atoms with Gasteiger partial charge in [-0.25, -0.2) is 13.2 Å². The van der Waals surface area contributed by atoms with Crippen LogP contribution >= 0.6 is 0 Å². The van der Waals surface area contributed by atoms with Crippen LogP contribution in [0.25, 0.3) is 0 Å². The monoisotopic (exact) mass is 1240 g/mol. The molecule has 508 valence electrons. The molecule has 0 amide bonds. The van der Waals surface area contributed by atoms with Crippen LogP contribution in [0.1, 0.15) is 357 Å². The molecule has 12 fully saturated rings. The molecule has 3 unspecified atom stereocenters. The summed E-state index contributed by atoms with van der Waals surface area (Å²) in [5.74, 6) is -26.8. The Morgan fingerprint density at radius 2 is 0.588 bits per heavy atom. The first-order valence-electron chi connectivity index (χ1n) is 34.8. The Kier molecular flexibility index (Phi) is 29.0. The predicted octanol–water partition coefficient (Wildman–Crippen LogP) is 27.8. The van der Waals surface area contributed by atoms with E-state index >= 15 is 0 Å². The van der Waals surface area contributed by atoms with Gasteiger partial charge in [0.25, 0.3) is 5.92 Å². The van der Waals surface area contributed by atoms with Crippen LogP contribution in [0.5, 0.6) is 0 Å². The van der Waals surface area contributed by atoms with Gasteiger partial charge in [-0.05, 0) is 190 Å². The Morgan fingerprint density at radius 1 is 0.329 bits per heavy atom. The Labute approximate surface area is 515 Å². The molecule has 12 aliphatic rings. The smallest absolute Gasteiger partial charge is 0.230 e. The summed E-state index contributed by atoms with van der Waals surface area (Å²) in [4.78, 5) is 0. The molecule has 0 radical (unpaired) electrons. The van der Waals surface area contributed by atoms with Gasteiger partial charge in [-0.1, -0.05) is 228 Å². The van der Waals surface area contributed by atoms with E-state index in [0.717, 1.165) is 50.7 Å². The summed E-state index contributed by atoms with van der Waals surface area (Å²) in [6, 6.07) is 0. The molecule has 0 aromatic heterocycles. The summed E-state index contributed by atoms with van der Waals surface area (Å²) in [6.07, 6.45) is 44.2. The summed E-state index contributed by atoms with van der Waals surface area (Å²) in [7, 11) is 0. The molecule has 12 heteroatoms. The van der Waals surface area contributed by atoms with Gasteiger partial charge in [-0.15, -0.1) is 0 Å². The summed E-state index contributed by atoms with van der Waals surface area (Å²) in [5, 5.41) is 0. The maximum absolute atomic E-state index is 13.2. The zero-order valence-corrected chi connectivity index (χ0v) is 58.4. The maximum Gasteiger partial charge on any atom is 0.394 e. The van der Waals surface area contributed by atoms with E-state index in [-0.39, 0.29) is 18.8 Å². The van der Waals surface area contributed by atoms with Crippen molar-refractivity contribution in [3.63, 3.8) is 0 Å². The van der Waals surface area contributed by atoms with Crippen LogP contribution < -0.4 is 0 Å². The van der Waals surface area contributed by atoms with Crippen LogP contribution in [0.4, 0.5) is 52.7 Å². The third-order valence-corrected chi connectivity index (χ3v) is 24.6. The normalized spacial score (nSPS) is 33.6. The van der Waals surface area contributed by atoms with Crippen LogP contribution in [0.2, 0.25) is 0 Å². The number of fused-ring (bicyclic) bond motifs is 1. The maximum atomic E-state index is 13.2. The molecule has 2 bridgehead atoms. The highest BCUT2D eigenvalue weighted by molar-refractivity contribution is 5.20. The molecule has 6 atom stereocenters. The van der Waals surface area contributed by atoms with Crippen molar-refractivity contribution >= 4 is 0 Å². The van der Waals surface area contributed by atoms with Crippen molar-refractivity contribution in [2.45, 2.75) is 392 Å². The van der Waals surface area contributed by atoms with Crippen molar-refractivity contribution in [2.75, 3.05) is 0 Å². The summed E-state index contributed by atoms with van der Waals surface area (Å²) in [6.45, 7) is 40.2. The molecule has 85 heavy (non-hydrogen) atoms. The molecular formula is C73H132F12. The molecule has 12 saturated carbocycles. The largest absolute Gasteiger partial charge is 0.394 e. The van der Waals surface area contributed by atoms with Gasteiger partial charge < -0.3 is 0 Å². The summed E-state index contributed by atoms with van der Waals surface area (Å²) >= 11 is 0. The highest BCUT2D eigenvalue weighted by Crippen LogP contribution is 2.71. The van der Waals surface area contributed by atoms with Crippen LogP contribution in [-0.2, 0) is 0 Å². The molecule has 0 N–H and O–H groups in total. The van der Waals surface area contributed by atoms with Gasteiger partial charge in [-0.3, -0.25) is 0 Å². The zero-order chi connectivity index (χ0) is 65.9. The van der Waals surface area contributed by atoms with Crippen molar-refractivity contribution in [1.82, 2.24) is 0 Å². The number of alkyl halides is 12. The Balaban J connectivity index is 0.000000329. The lowest BCUT2D eigenvalue weighted by Gasteiger charge is -2.53. The van der Waals surface area contributed by atoms with E-state index in [4.69, 9.17) is 0 Å². The van der Waals surface area contributed by atoms with Crippen molar-refractivity contribution in [2.24, 2.45) is 72.4 Å². The van der Waals surface area contributed by atoms with Crippen molar-refractivity contribution in [3.8, 4) is 0 Å². The van der Waals surface area contributed by atoms with Crippen LogP contribution in [-0.4, -0.2) is 35.5 Å². The third kappa shape index (κ3) is 21.6. The molecular weight excluding hydrogens is 1100 g/mol. The second-order valence-corrected chi connectivity index (χ2v) is 33.8. The fourth-order valence-electron chi connectivity index (χ4n) is 14.5. The van der Waals surface area contributed by atoms with Crippen molar-refractivity contribution in [1.29, 1.82) is 0 Å². The van der Waals surface area contributed by atoms with Crippen LogP contribution in [0.15, 0.2) is 0 Å².